The monoisotopic (exact) mass is 437 g/mol. The van der Waals surface area contributed by atoms with E-state index in [9.17, 15) is 14.4 Å². The van der Waals surface area contributed by atoms with Gasteiger partial charge < -0.3 is 19.5 Å². The average molecular weight is 437 g/mol. The highest BCUT2D eigenvalue weighted by Gasteiger charge is 2.52. The highest BCUT2D eigenvalue weighted by atomic mass is 16.6. The van der Waals surface area contributed by atoms with E-state index >= 15 is 0 Å². The second-order valence-corrected chi connectivity index (χ2v) is 8.52. The van der Waals surface area contributed by atoms with Gasteiger partial charge in [-0.25, -0.2) is 4.79 Å². The van der Waals surface area contributed by atoms with Gasteiger partial charge in [-0.1, -0.05) is 0 Å². The number of carbonyl (C=O) groups is 3. The quantitative estimate of drug-likeness (QED) is 0.735. The first kappa shape index (κ1) is 20.1. The summed E-state index contributed by atoms with van der Waals surface area (Å²) in [6.07, 6.45) is 4.90. The van der Waals surface area contributed by atoms with Crippen molar-refractivity contribution in [2.75, 3.05) is 26.2 Å². The first-order chi connectivity index (χ1) is 15.4. The van der Waals surface area contributed by atoms with Gasteiger partial charge in [-0.15, -0.1) is 0 Å². The maximum atomic E-state index is 12.8. The Morgan fingerprint density at radius 1 is 1.31 bits per heavy atom. The molecule has 3 aliphatic rings. The second kappa shape index (κ2) is 7.71. The number of nitrogens with one attached hydrogen (secondary N) is 1. The lowest BCUT2D eigenvalue weighted by molar-refractivity contribution is -0.131. The van der Waals surface area contributed by atoms with Gasteiger partial charge in [-0.3, -0.25) is 19.2 Å². The molecule has 2 aromatic heterocycles. The van der Waals surface area contributed by atoms with Crippen molar-refractivity contribution in [1.82, 2.24) is 29.5 Å². The molecule has 32 heavy (non-hydrogen) atoms. The minimum absolute atomic E-state index is 0.0389. The van der Waals surface area contributed by atoms with Gasteiger partial charge in [0.15, 0.2) is 0 Å². The summed E-state index contributed by atoms with van der Waals surface area (Å²) in [5.41, 5.74) is 1.72. The first-order valence-electron chi connectivity index (χ1n) is 10.6. The molecule has 0 bridgehead atoms. The number of fused-ring (bicyclic) bond motifs is 1. The van der Waals surface area contributed by atoms with Gasteiger partial charge in [0, 0.05) is 32.0 Å². The van der Waals surface area contributed by atoms with Crippen molar-refractivity contribution in [3.63, 3.8) is 0 Å². The summed E-state index contributed by atoms with van der Waals surface area (Å²) in [5, 5.41) is 13.1. The number of aromatic nitrogens is 3. The summed E-state index contributed by atoms with van der Waals surface area (Å²) in [7, 11) is 0. The van der Waals surface area contributed by atoms with E-state index in [0.29, 0.717) is 43.9 Å². The zero-order chi connectivity index (χ0) is 22.4. The molecule has 3 saturated heterocycles. The Morgan fingerprint density at radius 2 is 2.16 bits per heavy atom. The number of aromatic amines is 1. The predicted octanol–water partition coefficient (Wildman–Crippen LogP) is 0.338. The van der Waals surface area contributed by atoms with Crippen LogP contribution in [0.2, 0.25) is 0 Å². The highest BCUT2D eigenvalue weighted by Crippen LogP contribution is 2.32. The minimum Gasteiger partial charge on any atom is -0.442 e. The van der Waals surface area contributed by atoms with E-state index in [-0.39, 0.29) is 36.5 Å². The topological polar surface area (TPSA) is 128 Å². The summed E-state index contributed by atoms with van der Waals surface area (Å²) in [6, 6.07) is 3.12. The average Bonchev–Trinajstić information content (AvgIpc) is 3.56. The maximum Gasteiger partial charge on any atom is 0.410 e. The van der Waals surface area contributed by atoms with Crippen molar-refractivity contribution in [3.8, 4) is 6.07 Å². The Hall–Kier alpha value is -3.81. The number of likely N-dealkylation sites (tertiary alicyclic amines) is 2. The van der Waals surface area contributed by atoms with Crippen LogP contribution in [-0.4, -0.2) is 91.7 Å². The van der Waals surface area contributed by atoms with E-state index in [1.165, 1.54) is 12.3 Å². The van der Waals surface area contributed by atoms with Crippen molar-refractivity contribution in [3.05, 3.63) is 41.5 Å². The molecule has 166 valence electrons. The lowest BCUT2D eigenvalue weighted by Gasteiger charge is -2.28. The van der Waals surface area contributed by atoms with Gasteiger partial charge in [0.1, 0.15) is 24.4 Å². The maximum absolute atomic E-state index is 12.8. The summed E-state index contributed by atoms with van der Waals surface area (Å²) in [6.45, 7) is 3.75. The molecular formula is C21H23N7O4. The molecule has 0 radical (unpaired) electrons. The van der Waals surface area contributed by atoms with E-state index in [1.54, 1.807) is 25.6 Å². The van der Waals surface area contributed by atoms with Crippen molar-refractivity contribution in [2.24, 2.45) is 0 Å². The van der Waals surface area contributed by atoms with E-state index in [1.807, 2.05) is 19.2 Å². The summed E-state index contributed by atoms with van der Waals surface area (Å²) in [4.78, 5) is 46.0. The Balaban J connectivity index is 1.23. The number of carbonyl (C=O) groups excluding carboxylic acids is 3. The molecule has 0 spiro atoms. The first-order valence-corrected chi connectivity index (χ1v) is 10.6. The Bertz CT molecular complexity index is 1120. The number of hydrogen-bond acceptors (Lipinski definition) is 6. The van der Waals surface area contributed by atoms with Crippen molar-refractivity contribution >= 4 is 17.9 Å². The van der Waals surface area contributed by atoms with Crippen LogP contribution in [0.3, 0.4) is 0 Å². The SMILES string of the molecule is Cc1cnn(CC(=O)N2CCC(N3C(=O)O[C@H]4CN(C(=O)c5cc(C#N)c[nH]5)C[C@H]43)C2)c1. The van der Waals surface area contributed by atoms with Crippen LogP contribution in [0, 0.1) is 18.3 Å². The number of ether oxygens (including phenoxy) is 1. The van der Waals surface area contributed by atoms with E-state index in [0.717, 1.165) is 5.56 Å². The molecule has 0 saturated carbocycles. The van der Waals surface area contributed by atoms with Crippen LogP contribution in [0.5, 0.6) is 0 Å². The normalized spacial score (nSPS) is 24.6. The van der Waals surface area contributed by atoms with Crippen molar-refractivity contribution in [2.45, 2.75) is 38.1 Å². The number of aryl methyl sites for hydroxylation is 1. The number of hydrogen-bond donors (Lipinski definition) is 1. The molecular weight excluding hydrogens is 414 g/mol. The van der Waals surface area contributed by atoms with Crippen molar-refractivity contribution in [1.29, 1.82) is 5.26 Å². The zero-order valence-electron chi connectivity index (χ0n) is 17.6. The Kier molecular flexibility index (Phi) is 4.84. The minimum atomic E-state index is -0.395. The van der Waals surface area contributed by atoms with Gasteiger partial charge in [0.05, 0.1) is 30.4 Å². The van der Waals surface area contributed by atoms with Gasteiger partial charge in [0.25, 0.3) is 5.91 Å². The smallest absolute Gasteiger partial charge is 0.410 e. The van der Waals surface area contributed by atoms with Gasteiger partial charge in [0.2, 0.25) is 5.91 Å². The van der Waals surface area contributed by atoms with Crippen molar-refractivity contribution < 1.29 is 19.1 Å². The third-order valence-electron chi connectivity index (χ3n) is 6.36. The second-order valence-electron chi connectivity index (χ2n) is 8.52. The standard InChI is InChI=1S/C21H23N7O4/c1-13-6-24-27(8-13)12-19(29)25-3-2-15(9-25)28-17-10-26(11-18(17)32-21(28)31)20(30)16-4-14(5-22)7-23-16/h4,6-8,15,17-18,23H,2-3,9-12H2,1H3/t15?,17-,18+/m1/s1. The number of nitriles is 1. The van der Waals surface area contributed by atoms with Crippen LogP contribution >= 0.6 is 0 Å². The molecule has 0 aliphatic carbocycles. The number of nitrogens with zero attached hydrogens (tertiary/aromatic N) is 6. The van der Waals surface area contributed by atoms with E-state index in [2.05, 4.69) is 10.1 Å². The molecule has 1 N–H and O–H groups in total. The lowest BCUT2D eigenvalue weighted by Crippen LogP contribution is -2.47. The third-order valence-corrected chi connectivity index (χ3v) is 6.36. The third kappa shape index (κ3) is 3.47. The molecule has 11 nitrogen and oxygen atoms in total. The number of H-pyrrole nitrogens is 1. The van der Waals surface area contributed by atoms with Crippen LogP contribution in [0.15, 0.2) is 24.7 Å². The fourth-order valence-electron chi connectivity index (χ4n) is 4.79. The zero-order valence-corrected chi connectivity index (χ0v) is 17.6. The van der Waals surface area contributed by atoms with Crippen LogP contribution in [0.25, 0.3) is 0 Å². The molecule has 3 aliphatic heterocycles. The molecule has 1 unspecified atom stereocenters. The van der Waals surface area contributed by atoms with Gasteiger partial charge >= 0.3 is 6.09 Å². The molecule has 11 heteroatoms. The molecule has 0 aromatic carbocycles. The molecule has 2 aromatic rings. The van der Waals surface area contributed by atoms with Crippen LogP contribution < -0.4 is 0 Å². The molecule has 3 amide bonds. The van der Waals surface area contributed by atoms with Crippen LogP contribution in [-0.2, 0) is 16.1 Å². The van der Waals surface area contributed by atoms with E-state index < -0.39 is 6.10 Å². The Labute approximate surface area is 184 Å². The van der Waals surface area contributed by atoms with Crippen LogP contribution in [0.1, 0.15) is 28.0 Å². The van der Waals surface area contributed by atoms with Gasteiger partial charge in [-0.2, -0.15) is 10.4 Å². The number of amides is 3. The summed E-state index contributed by atoms with van der Waals surface area (Å²) >= 11 is 0. The molecule has 3 atom stereocenters. The summed E-state index contributed by atoms with van der Waals surface area (Å²) < 4.78 is 7.18. The Morgan fingerprint density at radius 3 is 2.88 bits per heavy atom. The summed E-state index contributed by atoms with van der Waals surface area (Å²) in [5.74, 6) is -0.266. The van der Waals surface area contributed by atoms with E-state index in [4.69, 9.17) is 10.00 Å². The lowest BCUT2D eigenvalue weighted by atomic mass is 10.1. The highest BCUT2D eigenvalue weighted by molar-refractivity contribution is 5.93. The predicted molar refractivity (Wildman–Crippen MR) is 109 cm³/mol. The molecule has 5 heterocycles. The fraction of sp³-hybridized carbons (Fsp3) is 0.476. The largest absolute Gasteiger partial charge is 0.442 e. The van der Waals surface area contributed by atoms with Crippen LogP contribution in [0.4, 0.5) is 4.79 Å². The fourth-order valence-corrected chi connectivity index (χ4v) is 4.79. The number of rotatable bonds is 4. The van der Waals surface area contributed by atoms with Gasteiger partial charge in [-0.05, 0) is 25.0 Å². The molecule has 5 rings (SSSR count). The molecule has 3 fully saturated rings.